The largest absolute Gasteiger partial charge is 0.491 e. The Morgan fingerprint density at radius 3 is 2.55 bits per heavy atom. The highest BCUT2D eigenvalue weighted by Gasteiger charge is 2.17. The first-order valence-electron chi connectivity index (χ1n) is 7.61. The van der Waals surface area contributed by atoms with Gasteiger partial charge < -0.3 is 14.4 Å². The molecule has 5 nitrogen and oxygen atoms in total. The van der Waals surface area contributed by atoms with Crippen LogP contribution in [0.25, 0.3) is 0 Å². The van der Waals surface area contributed by atoms with Crippen LogP contribution in [0.2, 0.25) is 0 Å². The number of rotatable bonds is 6. The van der Waals surface area contributed by atoms with Gasteiger partial charge in [0.15, 0.2) is 5.11 Å². The van der Waals surface area contributed by atoms with Gasteiger partial charge in [0.2, 0.25) is 0 Å². The Labute approximate surface area is 136 Å². The molecule has 1 aromatic rings. The zero-order chi connectivity index (χ0) is 15.8. The van der Waals surface area contributed by atoms with Crippen LogP contribution in [0.3, 0.4) is 0 Å². The number of benzene rings is 1. The highest BCUT2D eigenvalue weighted by molar-refractivity contribution is 7.80. The number of amides is 1. The van der Waals surface area contributed by atoms with Crippen molar-refractivity contribution in [2.45, 2.75) is 19.8 Å². The van der Waals surface area contributed by atoms with E-state index in [9.17, 15) is 4.79 Å². The number of carbonyl (C=O) groups excluding carboxylic acids is 1. The lowest BCUT2D eigenvalue weighted by Crippen LogP contribution is -2.41. The quantitative estimate of drug-likeness (QED) is 0.643. The second kappa shape index (κ2) is 8.70. The van der Waals surface area contributed by atoms with Gasteiger partial charge in [-0.3, -0.25) is 10.1 Å². The normalized spacial score (nSPS) is 14.0. The van der Waals surface area contributed by atoms with Crippen molar-refractivity contribution in [1.29, 1.82) is 0 Å². The van der Waals surface area contributed by atoms with Crippen molar-refractivity contribution >= 4 is 23.2 Å². The summed E-state index contributed by atoms with van der Waals surface area (Å²) in [5, 5.41) is 3.29. The number of hydrogen-bond donors (Lipinski definition) is 1. The Kier molecular flexibility index (Phi) is 6.61. The van der Waals surface area contributed by atoms with E-state index < -0.39 is 0 Å². The lowest BCUT2D eigenvalue weighted by atomic mass is 10.2. The highest BCUT2D eigenvalue weighted by Crippen LogP contribution is 2.13. The number of thiocarbonyl (C=S) groups is 1. The Balaban J connectivity index is 1.81. The topological polar surface area (TPSA) is 50.8 Å². The van der Waals surface area contributed by atoms with Crippen LogP contribution in [-0.4, -0.2) is 48.8 Å². The van der Waals surface area contributed by atoms with Gasteiger partial charge in [0.25, 0.3) is 5.91 Å². The van der Waals surface area contributed by atoms with E-state index in [1.807, 2.05) is 11.8 Å². The first kappa shape index (κ1) is 16.7. The molecule has 1 amide bonds. The van der Waals surface area contributed by atoms with Crippen molar-refractivity contribution in [2.75, 3.05) is 32.9 Å². The molecular weight excluding hydrogens is 300 g/mol. The van der Waals surface area contributed by atoms with Gasteiger partial charge in [-0.25, -0.2) is 0 Å². The van der Waals surface area contributed by atoms with Gasteiger partial charge in [0.1, 0.15) is 12.4 Å². The van der Waals surface area contributed by atoms with Crippen molar-refractivity contribution < 1.29 is 14.3 Å². The summed E-state index contributed by atoms with van der Waals surface area (Å²) >= 11 is 5.25. The smallest absolute Gasteiger partial charge is 0.257 e. The van der Waals surface area contributed by atoms with Crippen LogP contribution in [0.1, 0.15) is 30.1 Å². The number of nitrogens with zero attached hydrogens (tertiary/aromatic N) is 1. The number of carbonyl (C=O) groups is 1. The minimum Gasteiger partial charge on any atom is -0.491 e. The third-order valence-electron chi connectivity index (χ3n) is 3.43. The summed E-state index contributed by atoms with van der Waals surface area (Å²) in [7, 11) is 0. The molecule has 120 valence electrons. The Morgan fingerprint density at radius 2 is 1.91 bits per heavy atom. The van der Waals surface area contributed by atoms with Gasteiger partial charge in [0.05, 0.1) is 6.61 Å². The van der Waals surface area contributed by atoms with E-state index in [0.717, 1.165) is 31.7 Å². The molecule has 1 fully saturated rings. The molecular formula is C16H22N2O3S. The molecule has 0 aromatic heterocycles. The van der Waals surface area contributed by atoms with Crippen LogP contribution < -0.4 is 10.1 Å². The molecule has 0 bridgehead atoms. The molecule has 0 saturated carbocycles. The minimum atomic E-state index is -0.183. The van der Waals surface area contributed by atoms with Gasteiger partial charge in [-0.05, 0) is 56.2 Å². The first-order valence-corrected chi connectivity index (χ1v) is 8.02. The SMILES string of the molecule is CCOCCOc1ccc(C(=O)NC(=S)N2CCCC2)cc1. The maximum atomic E-state index is 12.1. The van der Waals surface area contributed by atoms with E-state index in [4.69, 9.17) is 21.7 Å². The van der Waals surface area contributed by atoms with Crippen LogP contribution in [0, 0.1) is 0 Å². The predicted octanol–water partition coefficient (Wildman–Crippen LogP) is 2.21. The van der Waals surface area contributed by atoms with E-state index in [2.05, 4.69) is 5.32 Å². The maximum absolute atomic E-state index is 12.1. The lowest BCUT2D eigenvalue weighted by molar-refractivity contribution is 0.0973. The van der Waals surface area contributed by atoms with Gasteiger partial charge in [0, 0.05) is 25.3 Å². The Bertz CT molecular complexity index is 499. The molecule has 0 aliphatic carbocycles. The highest BCUT2D eigenvalue weighted by atomic mass is 32.1. The summed E-state index contributed by atoms with van der Waals surface area (Å²) in [5.74, 6) is 0.538. The summed E-state index contributed by atoms with van der Waals surface area (Å²) in [6.45, 7) is 5.53. The summed E-state index contributed by atoms with van der Waals surface area (Å²) in [4.78, 5) is 14.2. The van der Waals surface area contributed by atoms with E-state index >= 15 is 0 Å². The zero-order valence-corrected chi connectivity index (χ0v) is 13.7. The van der Waals surface area contributed by atoms with Crippen LogP contribution >= 0.6 is 12.2 Å². The molecule has 0 spiro atoms. The average molecular weight is 322 g/mol. The van der Waals surface area contributed by atoms with Crippen LogP contribution in [0.5, 0.6) is 5.75 Å². The van der Waals surface area contributed by atoms with Crippen molar-refractivity contribution in [3.05, 3.63) is 29.8 Å². The van der Waals surface area contributed by atoms with Crippen molar-refractivity contribution in [3.63, 3.8) is 0 Å². The van der Waals surface area contributed by atoms with Gasteiger partial charge in [-0.15, -0.1) is 0 Å². The van der Waals surface area contributed by atoms with E-state index in [1.54, 1.807) is 24.3 Å². The molecule has 1 saturated heterocycles. The van der Waals surface area contributed by atoms with Gasteiger partial charge >= 0.3 is 0 Å². The van der Waals surface area contributed by atoms with Gasteiger partial charge in [-0.2, -0.15) is 0 Å². The maximum Gasteiger partial charge on any atom is 0.257 e. The predicted molar refractivity (Wildman–Crippen MR) is 89.3 cm³/mol. The third kappa shape index (κ3) is 4.96. The van der Waals surface area contributed by atoms with Crippen LogP contribution in [0.15, 0.2) is 24.3 Å². The fourth-order valence-corrected chi connectivity index (χ4v) is 2.51. The molecule has 1 aromatic carbocycles. The standard InChI is InChI=1S/C16H22N2O3S/c1-2-20-11-12-21-14-7-5-13(6-8-14)15(19)17-16(22)18-9-3-4-10-18/h5-8H,2-4,9-12H2,1H3,(H,17,19,22). The molecule has 2 rings (SSSR count). The first-order chi connectivity index (χ1) is 10.7. The number of ether oxygens (including phenoxy) is 2. The van der Waals surface area contributed by atoms with Crippen molar-refractivity contribution in [1.82, 2.24) is 10.2 Å². The summed E-state index contributed by atoms with van der Waals surface area (Å²) in [5.41, 5.74) is 0.568. The molecule has 0 radical (unpaired) electrons. The molecule has 1 aliphatic rings. The average Bonchev–Trinajstić information content (AvgIpc) is 3.06. The fourth-order valence-electron chi connectivity index (χ4n) is 2.23. The summed E-state index contributed by atoms with van der Waals surface area (Å²) in [6.07, 6.45) is 2.26. The van der Waals surface area contributed by atoms with Crippen LogP contribution in [-0.2, 0) is 4.74 Å². The zero-order valence-electron chi connectivity index (χ0n) is 12.8. The fraction of sp³-hybridized carbons (Fsp3) is 0.500. The Morgan fingerprint density at radius 1 is 1.23 bits per heavy atom. The molecule has 1 heterocycles. The molecule has 22 heavy (non-hydrogen) atoms. The van der Waals surface area contributed by atoms with Crippen LogP contribution in [0.4, 0.5) is 0 Å². The monoisotopic (exact) mass is 322 g/mol. The minimum absolute atomic E-state index is 0.183. The second-order valence-electron chi connectivity index (χ2n) is 5.02. The van der Waals surface area contributed by atoms with Crippen molar-refractivity contribution in [2.24, 2.45) is 0 Å². The van der Waals surface area contributed by atoms with E-state index in [0.29, 0.717) is 30.5 Å². The molecule has 6 heteroatoms. The number of hydrogen-bond acceptors (Lipinski definition) is 4. The lowest BCUT2D eigenvalue weighted by Gasteiger charge is -2.18. The van der Waals surface area contributed by atoms with E-state index in [1.165, 1.54) is 0 Å². The number of nitrogens with one attached hydrogen (secondary N) is 1. The Hall–Kier alpha value is -1.66. The summed E-state index contributed by atoms with van der Waals surface area (Å²) < 4.78 is 10.7. The second-order valence-corrected chi connectivity index (χ2v) is 5.41. The molecule has 1 aliphatic heterocycles. The van der Waals surface area contributed by atoms with E-state index in [-0.39, 0.29) is 5.91 Å². The molecule has 0 atom stereocenters. The van der Waals surface area contributed by atoms with Crippen molar-refractivity contribution in [3.8, 4) is 5.75 Å². The number of likely N-dealkylation sites (tertiary alicyclic amines) is 1. The molecule has 0 unspecified atom stereocenters. The molecule has 1 N–H and O–H groups in total. The third-order valence-corrected chi connectivity index (χ3v) is 3.79. The summed E-state index contributed by atoms with van der Waals surface area (Å²) in [6, 6.07) is 7.02. The van der Waals surface area contributed by atoms with Gasteiger partial charge in [-0.1, -0.05) is 0 Å².